The Morgan fingerprint density at radius 3 is 1.56 bits per heavy atom. The molecule has 0 saturated heterocycles. The second-order valence-electron chi connectivity index (χ2n) is 9.93. The fourth-order valence-electron chi connectivity index (χ4n) is 4.64. The Balaban J connectivity index is 0.000000261. The van der Waals surface area contributed by atoms with Crippen LogP contribution in [0.25, 0.3) is 21.8 Å². The minimum absolute atomic E-state index is 0.298. The van der Waals surface area contributed by atoms with Crippen LogP contribution in [0, 0.1) is 23.7 Å². The highest BCUT2D eigenvalue weighted by atomic mass is 16.1. The van der Waals surface area contributed by atoms with E-state index in [2.05, 4.69) is 71.5 Å². The van der Waals surface area contributed by atoms with Crippen LogP contribution in [0.15, 0.2) is 110 Å². The summed E-state index contributed by atoms with van der Waals surface area (Å²) in [6.07, 6.45) is 3.29. The zero-order chi connectivity index (χ0) is 38.6. The van der Waals surface area contributed by atoms with E-state index < -0.39 is 6.39 Å². The summed E-state index contributed by atoms with van der Waals surface area (Å²) in [5.41, 5.74) is 5.59. The van der Waals surface area contributed by atoms with E-state index in [1.807, 2.05) is 100 Å². The van der Waals surface area contributed by atoms with E-state index in [9.17, 15) is 9.59 Å². The van der Waals surface area contributed by atoms with Crippen molar-refractivity contribution in [2.24, 2.45) is 0 Å². The number of carbonyl (C=O) groups excluding carboxylic acids is 2. The van der Waals surface area contributed by atoms with Gasteiger partial charge in [0.2, 0.25) is 12.3 Å². The molecular formula is C42H42N8O2. The van der Waals surface area contributed by atoms with E-state index in [0.29, 0.717) is 39.7 Å². The topological polar surface area (TPSA) is 134 Å². The number of amides is 2. The number of carbonyl (C=O) groups is 2. The molecular weight excluding hydrogens is 649 g/mol. The summed E-state index contributed by atoms with van der Waals surface area (Å²) in [4.78, 5) is 40.1. The zero-order valence-corrected chi connectivity index (χ0v) is 30.1. The maximum Gasteiger partial charge on any atom is 0.247 e. The molecule has 0 unspecified atom stereocenters. The number of hydrogen-bond acceptors (Lipinski definition) is 8. The number of nitrogens with zero attached hydrogens (tertiary/aromatic N) is 4. The molecule has 10 nitrogen and oxygen atoms in total. The van der Waals surface area contributed by atoms with Crippen molar-refractivity contribution in [3.63, 3.8) is 0 Å². The monoisotopic (exact) mass is 692 g/mol. The maximum absolute atomic E-state index is 11.7. The first-order valence-electron chi connectivity index (χ1n) is 17.2. The SMILES string of the molecule is C=CC(=O)Nc1cc2c(Nc3ccccc3)ncnc2cc1C#CC.CC.CC.[3H]C(=O)Nc1cc2c(Nc3ccccc3)ncnc2cc1C#CC. The van der Waals surface area contributed by atoms with Crippen molar-refractivity contribution in [2.75, 3.05) is 21.3 Å². The van der Waals surface area contributed by atoms with Crippen LogP contribution >= 0.6 is 0 Å². The summed E-state index contributed by atoms with van der Waals surface area (Å²) in [6.45, 7) is 14.9. The van der Waals surface area contributed by atoms with Gasteiger partial charge >= 0.3 is 0 Å². The van der Waals surface area contributed by atoms with Crippen LogP contribution in [0.1, 0.15) is 54.0 Å². The highest BCUT2D eigenvalue weighted by Gasteiger charge is 2.11. The Kier molecular flexibility index (Phi) is 15.4. The Bertz CT molecular complexity index is 2290. The molecule has 6 rings (SSSR count). The van der Waals surface area contributed by atoms with E-state index in [1.165, 1.54) is 18.7 Å². The average molecular weight is 693 g/mol. The van der Waals surface area contributed by atoms with Crippen LogP contribution in [0.4, 0.5) is 34.4 Å². The first-order chi connectivity index (χ1) is 25.9. The van der Waals surface area contributed by atoms with Crippen molar-refractivity contribution in [3.05, 3.63) is 121 Å². The third-order valence-corrected chi connectivity index (χ3v) is 6.77. The van der Waals surface area contributed by atoms with Gasteiger partial charge in [-0.3, -0.25) is 9.59 Å². The molecule has 0 aliphatic rings. The number of fused-ring (bicyclic) bond motifs is 2. The van der Waals surface area contributed by atoms with Crippen molar-refractivity contribution < 1.29 is 11.0 Å². The summed E-state index contributed by atoms with van der Waals surface area (Å²) in [5.74, 6) is 12.5. The average Bonchev–Trinajstić information content (AvgIpc) is 3.18. The number of benzene rings is 4. The number of nitrogens with one attached hydrogen (secondary N) is 4. The molecule has 0 aliphatic heterocycles. The van der Waals surface area contributed by atoms with Gasteiger partial charge in [-0.2, -0.15) is 0 Å². The smallest absolute Gasteiger partial charge is 0.247 e. The Labute approximate surface area is 306 Å². The molecule has 0 aliphatic carbocycles. The van der Waals surface area contributed by atoms with Gasteiger partial charge in [0.15, 0.2) is 0 Å². The first-order valence-corrected chi connectivity index (χ1v) is 16.7. The standard InChI is InChI=1S/C20H16N4O.C18H14N4O.2C2H6/c1-3-8-14-11-18-16(12-17(14)24-19(25)4-2)20(22-13-21-18)23-15-9-6-5-7-10-15;1-2-6-13-9-17-15(10-16(13)21-12-23)18(20-11-19-17)22-14-7-4-3-5-8-14;2*1-2/h4-7,9-13H,2H2,1H3,(H,24,25)(H,21,22,23);3-5,7-12H,1H3,(H,21,23)(H,19,20,22);2*1-2H3/i;12T;;. The van der Waals surface area contributed by atoms with Crippen LogP contribution in [0.5, 0.6) is 0 Å². The van der Waals surface area contributed by atoms with E-state index in [0.717, 1.165) is 27.7 Å². The highest BCUT2D eigenvalue weighted by molar-refractivity contribution is 6.03. The molecule has 0 bridgehead atoms. The van der Waals surface area contributed by atoms with Gasteiger partial charge in [0.25, 0.3) is 0 Å². The van der Waals surface area contributed by atoms with Crippen molar-refractivity contribution >= 4 is 68.5 Å². The van der Waals surface area contributed by atoms with E-state index >= 15 is 0 Å². The molecule has 0 radical (unpaired) electrons. The highest BCUT2D eigenvalue weighted by Crippen LogP contribution is 2.30. The summed E-state index contributed by atoms with van der Waals surface area (Å²) < 4.78 is 7.14. The summed E-state index contributed by atoms with van der Waals surface area (Å²) in [5, 5.41) is 13.3. The molecule has 10 heteroatoms. The van der Waals surface area contributed by atoms with E-state index in [1.54, 1.807) is 26.0 Å². The van der Waals surface area contributed by atoms with Gasteiger partial charge in [-0.1, -0.05) is 82.5 Å². The van der Waals surface area contributed by atoms with Gasteiger partial charge in [0.05, 0.1) is 33.5 Å². The number of aromatic nitrogens is 4. The van der Waals surface area contributed by atoms with Crippen LogP contribution < -0.4 is 21.3 Å². The van der Waals surface area contributed by atoms with Gasteiger partial charge < -0.3 is 21.3 Å². The number of para-hydroxylation sites is 2. The molecule has 4 N–H and O–H groups in total. The third-order valence-electron chi connectivity index (χ3n) is 6.77. The van der Waals surface area contributed by atoms with Gasteiger partial charge in [-0.25, -0.2) is 19.9 Å². The lowest BCUT2D eigenvalue weighted by Crippen LogP contribution is -2.09. The molecule has 262 valence electrons. The number of anilines is 6. The lowest BCUT2D eigenvalue weighted by Gasteiger charge is -2.11. The van der Waals surface area contributed by atoms with Gasteiger partial charge in [-0.05, 0) is 68.5 Å². The van der Waals surface area contributed by atoms with Crippen LogP contribution in [0.2, 0.25) is 0 Å². The second-order valence-corrected chi connectivity index (χ2v) is 9.93. The van der Waals surface area contributed by atoms with Gasteiger partial charge in [-0.15, -0.1) is 11.8 Å². The first kappa shape index (κ1) is 37.8. The molecule has 0 fully saturated rings. The zero-order valence-electron chi connectivity index (χ0n) is 31.1. The van der Waals surface area contributed by atoms with Gasteiger partial charge in [0.1, 0.15) is 25.7 Å². The van der Waals surface area contributed by atoms with Crippen molar-refractivity contribution in [3.8, 4) is 23.7 Å². The molecule has 6 aromatic rings. The molecule has 0 spiro atoms. The summed E-state index contributed by atoms with van der Waals surface area (Å²) in [7, 11) is 0. The predicted molar refractivity (Wildman–Crippen MR) is 215 cm³/mol. The number of hydrogen-bond donors (Lipinski definition) is 4. The van der Waals surface area contributed by atoms with Crippen molar-refractivity contribution in [2.45, 2.75) is 41.5 Å². The third kappa shape index (κ3) is 10.7. The normalized spacial score (nSPS) is 9.54. The molecule has 0 atom stereocenters. The lowest BCUT2D eigenvalue weighted by molar-refractivity contribution is -0.112. The maximum atomic E-state index is 11.7. The van der Waals surface area contributed by atoms with Crippen LogP contribution in [-0.4, -0.2) is 32.2 Å². The van der Waals surface area contributed by atoms with Gasteiger partial charge in [0, 0.05) is 22.1 Å². The minimum atomic E-state index is -0.900. The fourth-order valence-corrected chi connectivity index (χ4v) is 4.64. The predicted octanol–water partition coefficient (Wildman–Crippen LogP) is 9.23. The largest absolute Gasteiger partial charge is 0.340 e. The minimum Gasteiger partial charge on any atom is -0.340 e. The Morgan fingerprint density at radius 2 is 1.13 bits per heavy atom. The summed E-state index contributed by atoms with van der Waals surface area (Å²) >= 11 is 0. The summed E-state index contributed by atoms with van der Waals surface area (Å²) in [6, 6.07) is 26.5. The molecule has 0 saturated carbocycles. The van der Waals surface area contributed by atoms with Crippen LogP contribution in [0.3, 0.4) is 0 Å². The Hall–Kier alpha value is -7.04. The molecule has 2 amide bonds. The molecule has 2 heterocycles. The van der Waals surface area contributed by atoms with Crippen molar-refractivity contribution in [1.29, 1.82) is 0 Å². The lowest BCUT2D eigenvalue weighted by atomic mass is 10.1. The molecule has 52 heavy (non-hydrogen) atoms. The molecule has 4 aromatic carbocycles. The number of rotatable bonds is 7. The molecule has 2 aromatic heterocycles. The van der Waals surface area contributed by atoms with Crippen LogP contribution in [-0.2, 0) is 9.59 Å². The van der Waals surface area contributed by atoms with Crippen molar-refractivity contribution in [1.82, 2.24) is 19.9 Å². The second kappa shape index (κ2) is 21.1. The fraction of sp³-hybridized carbons (Fsp3) is 0.143. The Morgan fingerprint density at radius 1 is 0.692 bits per heavy atom. The van der Waals surface area contributed by atoms with E-state index in [-0.39, 0.29) is 5.91 Å². The van der Waals surface area contributed by atoms with E-state index in [4.69, 9.17) is 1.37 Å². The quantitative estimate of drug-likeness (QED) is 0.0739.